The minimum atomic E-state index is -0.979. The molecule has 0 saturated heterocycles. The van der Waals surface area contributed by atoms with Crippen LogP contribution in [-0.2, 0) is 6.42 Å². The molecule has 0 atom stereocenters. The summed E-state index contributed by atoms with van der Waals surface area (Å²) >= 11 is 17.1. The third-order valence-corrected chi connectivity index (χ3v) is 6.49. The number of hydrogen-bond acceptors (Lipinski definition) is 3. The van der Waals surface area contributed by atoms with Gasteiger partial charge >= 0.3 is 5.97 Å². The fourth-order valence-electron chi connectivity index (χ4n) is 2.68. The van der Waals surface area contributed by atoms with Gasteiger partial charge in [0.2, 0.25) is 0 Å². The van der Waals surface area contributed by atoms with E-state index in [9.17, 15) is 9.90 Å². The molecule has 0 amide bonds. The SMILES string of the molecule is CC(C)Cc1sc(-c2ccc(Br)c(C(=O)O)c2)nc1-c1ccc(Cl)c(Cl)c1. The summed E-state index contributed by atoms with van der Waals surface area (Å²) in [6.45, 7) is 4.31. The lowest BCUT2D eigenvalue weighted by Gasteiger charge is -2.06. The van der Waals surface area contributed by atoms with Crippen LogP contribution in [0.2, 0.25) is 10.0 Å². The summed E-state index contributed by atoms with van der Waals surface area (Å²) in [4.78, 5) is 17.4. The number of benzene rings is 2. The van der Waals surface area contributed by atoms with E-state index in [2.05, 4.69) is 29.8 Å². The number of rotatable bonds is 5. The zero-order valence-electron chi connectivity index (χ0n) is 14.6. The molecular weight excluding hydrogens is 469 g/mol. The van der Waals surface area contributed by atoms with E-state index in [1.165, 1.54) is 0 Å². The molecule has 0 aliphatic heterocycles. The highest BCUT2D eigenvalue weighted by Gasteiger charge is 2.18. The van der Waals surface area contributed by atoms with Crippen LogP contribution in [0.3, 0.4) is 0 Å². The highest BCUT2D eigenvalue weighted by atomic mass is 79.9. The van der Waals surface area contributed by atoms with Crippen LogP contribution < -0.4 is 0 Å². The maximum atomic E-state index is 11.4. The molecule has 3 nitrogen and oxygen atoms in total. The summed E-state index contributed by atoms with van der Waals surface area (Å²) in [6.07, 6.45) is 0.871. The number of carbonyl (C=O) groups is 1. The average molecular weight is 485 g/mol. The summed E-state index contributed by atoms with van der Waals surface area (Å²) in [5.41, 5.74) is 2.75. The number of thiazole rings is 1. The normalized spacial score (nSPS) is 11.2. The summed E-state index contributed by atoms with van der Waals surface area (Å²) < 4.78 is 0.544. The van der Waals surface area contributed by atoms with Gasteiger partial charge in [0.1, 0.15) is 5.01 Å². The van der Waals surface area contributed by atoms with Crippen molar-refractivity contribution in [2.24, 2.45) is 5.92 Å². The lowest BCUT2D eigenvalue weighted by Crippen LogP contribution is -1.97. The fourth-order valence-corrected chi connectivity index (χ4v) is 4.68. The lowest BCUT2D eigenvalue weighted by atomic mass is 10.0. The standard InChI is InChI=1S/C20H16BrCl2NO2S/c1-10(2)7-17-18(11-4-6-15(22)16(23)9-11)24-19(27-17)12-3-5-14(21)13(8-12)20(25)26/h3-6,8-10H,7H2,1-2H3,(H,25,26). The molecule has 3 aromatic rings. The van der Waals surface area contributed by atoms with Crippen LogP contribution >= 0.6 is 50.5 Å². The first-order valence-corrected chi connectivity index (χ1v) is 10.6. The van der Waals surface area contributed by atoms with Crippen LogP contribution in [0.25, 0.3) is 21.8 Å². The Kier molecular flexibility index (Phi) is 6.26. The van der Waals surface area contributed by atoms with Crippen molar-refractivity contribution in [1.29, 1.82) is 0 Å². The molecular formula is C20H16BrCl2NO2S. The Bertz CT molecular complexity index is 1020. The quantitative estimate of drug-likeness (QED) is 0.409. The largest absolute Gasteiger partial charge is 0.478 e. The van der Waals surface area contributed by atoms with Crippen molar-refractivity contribution >= 4 is 56.4 Å². The molecule has 3 rings (SSSR count). The van der Waals surface area contributed by atoms with E-state index in [1.807, 2.05) is 18.2 Å². The van der Waals surface area contributed by atoms with Gasteiger partial charge in [0.25, 0.3) is 0 Å². The van der Waals surface area contributed by atoms with E-state index in [0.29, 0.717) is 20.4 Å². The van der Waals surface area contributed by atoms with Gasteiger partial charge in [-0.2, -0.15) is 0 Å². The van der Waals surface area contributed by atoms with Gasteiger partial charge in [0.15, 0.2) is 0 Å². The number of nitrogens with zero attached hydrogens (tertiary/aromatic N) is 1. The van der Waals surface area contributed by atoms with Gasteiger partial charge in [-0.3, -0.25) is 0 Å². The van der Waals surface area contributed by atoms with Crippen molar-refractivity contribution in [3.05, 3.63) is 61.4 Å². The predicted octanol–water partition coefficient (Wildman–Crippen LogP) is 7.44. The molecule has 7 heteroatoms. The van der Waals surface area contributed by atoms with Gasteiger partial charge in [-0.15, -0.1) is 11.3 Å². The summed E-state index contributed by atoms with van der Waals surface area (Å²) in [5.74, 6) is -0.522. The second kappa shape index (κ2) is 8.31. The van der Waals surface area contributed by atoms with Crippen LogP contribution in [0.1, 0.15) is 29.1 Å². The minimum Gasteiger partial charge on any atom is -0.478 e. The molecule has 0 spiro atoms. The molecule has 1 aromatic heterocycles. The Morgan fingerprint density at radius 1 is 1.15 bits per heavy atom. The molecule has 0 bridgehead atoms. The molecule has 1 heterocycles. The highest BCUT2D eigenvalue weighted by molar-refractivity contribution is 9.10. The van der Waals surface area contributed by atoms with Crippen molar-refractivity contribution in [1.82, 2.24) is 4.98 Å². The van der Waals surface area contributed by atoms with E-state index in [0.717, 1.165) is 33.1 Å². The maximum absolute atomic E-state index is 11.4. The maximum Gasteiger partial charge on any atom is 0.336 e. The zero-order chi connectivity index (χ0) is 19.7. The number of aromatic carboxylic acids is 1. The van der Waals surface area contributed by atoms with Crippen LogP contribution in [0.4, 0.5) is 0 Å². The Balaban J connectivity index is 2.13. The second-order valence-electron chi connectivity index (χ2n) is 6.52. The first kappa shape index (κ1) is 20.3. The molecule has 0 unspecified atom stereocenters. The first-order chi connectivity index (χ1) is 12.8. The van der Waals surface area contributed by atoms with Crippen LogP contribution in [-0.4, -0.2) is 16.1 Å². The van der Waals surface area contributed by atoms with Crippen molar-refractivity contribution in [3.8, 4) is 21.8 Å². The second-order valence-corrected chi connectivity index (χ2v) is 9.27. The smallest absolute Gasteiger partial charge is 0.336 e. The Morgan fingerprint density at radius 2 is 1.85 bits per heavy atom. The molecule has 1 N–H and O–H groups in total. The van der Waals surface area contributed by atoms with Crippen molar-refractivity contribution in [2.75, 3.05) is 0 Å². The van der Waals surface area contributed by atoms with E-state index in [-0.39, 0.29) is 5.56 Å². The topological polar surface area (TPSA) is 50.2 Å². The number of hydrogen-bond donors (Lipinski definition) is 1. The van der Waals surface area contributed by atoms with Gasteiger partial charge in [0, 0.05) is 20.5 Å². The number of carboxylic acid groups (broad SMARTS) is 1. The van der Waals surface area contributed by atoms with Gasteiger partial charge in [0.05, 0.1) is 21.3 Å². The molecule has 27 heavy (non-hydrogen) atoms. The van der Waals surface area contributed by atoms with E-state index >= 15 is 0 Å². The average Bonchev–Trinajstić information content (AvgIpc) is 3.00. The molecule has 0 aliphatic carbocycles. The van der Waals surface area contributed by atoms with Crippen LogP contribution in [0, 0.1) is 5.92 Å². The predicted molar refractivity (Wildman–Crippen MR) is 116 cm³/mol. The summed E-state index contributed by atoms with van der Waals surface area (Å²) in [6, 6.07) is 10.7. The first-order valence-electron chi connectivity index (χ1n) is 8.24. The van der Waals surface area contributed by atoms with Crippen molar-refractivity contribution in [3.63, 3.8) is 0 Å². The molecule has 0 radical (unpaired) electrons. The van der Waals surface area contributed by atoms with Crippen molar-refractivity contribution in [2.45, 2.75) is 20.3 Å². The molecule has 2 aromatic carbocycles. The van der Waals surface area contributed by atoms with Gasteiger partial charge in [-0.1, -0.05) is 49.2 Å². The Hall–Kier alpha value is -1.40. The highest BCUT2D eigenvalue weighted by Crippen LogP contribution is 2.38. The Morgan fingerprint density at radius 3 is 2.48 bits per heavy atom. The Labute approximate surface area is 180 Å². The summed E-state index contributed by atoms with van der Waals surface area (Å²) in [7, 11) is 0. The number of halogens is 3. The van der Waals surface area contributed by atoms with Crippen LogP contribution in [0.5, 0.6) is 0 Å². The number of aromatic nitrogens is 1. The zero-order valence-corrected chi connectivity index (χ0v) is 18.5. The molecule has 0 saturated carbocycles. The van der Waals surface area contributed by atoms with Gasteiger partial charge in [-0.05, 0) is 52.5 Å². The minimum absolute atomic E-state index is 0.212. The van der Waals surface area contributed by atoms with Gasteiger partial charge in [-0.25, -0.2) is 9.78 Å². The number of carboxylic acids is 1. The van der Waals surface area contributed by atoms with E-state index in [1.54, 1.807) is 29.5 Å². The fraction of sp³-hybridized carbons (Fsp3) is 0.200. The molecule has 0 aliphatic rings. The molecule has 140 valence electrons. The third kappa shape index (κ3) is 4.54. The lowest BCUT2D eigenvalue weighted by molar-refractivity contribution is 0.0696. The monoisotopic (exact) mass is 483 g/mol. The third-order valence-electron chi connectivity index (χ3n) is 3.93. The van der Waals surface area contributed by atoms with Gasteiger partial charge < -0.3 is 5.11 Å². The molecule has 0 fully saturated rings. The van der Waals surface area contributed by atoms with E-state index < -0.39 is 5.97 Å². The van der Waals surface area contributed by atoms with E-state index in [4.69, 9.17) is 28.2 Å². The van der Waals surface area contributed by atoms with Crippen LogP contribution in [0.15, 0.2) is 40.9 Å². The summed E-state index contributed by atoms with van der Waals surface area (Å²) in [5, 5.41) is 11.1. The van der Waals surface area contributed by atoms with Crippen molar-refractivity contribution < 1.29 is 9.90 Å².